The van der Waals surface area contributed by atoms with Crippen molar-refractivity contribution in [3.05, 3.63) is 0 Å². The number of hydrogen-bond donors (Lipinski definition) is 2. The van der Waals surface area contributed by atoms with E-state index in [2.05, 4.69) is 5.32 Å². The first-order valence-electron chi connectivity index (χ1n) is 5.80. The van der Waals surface area contributed by atoms with Crippen LogP contribution in [-0.4, -0.2) is 47.2 Å². The predicted molar refractivity (Wildman–Crippen MR) is 57.5 cm³/mol. The van der Waals surface area contributed by atoms with Crippen molar-refractivity contribution in [2.24, 2.45) is 0 Å². The molecule has 1 saturated carbocycles. The highest BCUT2D eigenvalue weighted by atomic mass is 16.3. The highest BCUT2D eigenvalue weighted by Gasteiger charge is 2.39. The van der Waals surface area contributed by atoms with Crippen molar-refractivity contribution >= 4 is 5.91 Å². The van der Waals surface area contributed by atoms with Crippen LogP contribution in [-0.2, 0) is 4.79 Å². The highest BCUT2D eigenvalue weighted by molar-refractivity contribution is 5.79. The Morgan fingerprint density at radius 2 is 2.07 bits per heavy atom. The summed E-state index contributed by atoms with van der Waals surface area (Å²) in [6.07, 6.45) is 4.96. The van der Waals surface area contributed by atoms with Gasteiger partial charge in [0.1, 0.15) is 0 Å². The van der Waals surface area contributed by atoms with Gasteiger partial charge < -0.3 is 15.3 Å². The van der Waals surface area contributed by atoms with Gasteiger partial charge in [0.15, 0.2) is 0 Å². The molecule has 15 heavy (non-hydrogen) atoms. The standard InChI is InChI=1S/C11H20N2O2/c1-11(15)7-13(8-11)10(14)6-12-9-4-2-3-5-9/h9,12,15H,2-8H2,1H3. The van der Waals surface area contributed by atoms with Crippen LogP contribution >= 0.6 is 0 Å². The van der Waals surface area contributed by atoms with Crippen LogP contribution in [0.5, 0.6) is 0 Å². The Kier molecular flexibility index (Phi) is 2.98. The van der Waals surface area contributed by atoms with Crippen molar-refractivity contribution in [2.75, 3.05) is 19.6 Å². The van der Waals surface area contributed by atoms with Crippen LogP contribution in [0.3, 0.4) is 0 Å². The summed E-state index contributed by atoms with van der Waals surface area (Å²) < 4.78 is 0. The van der Waals surface area contributed by atoms with Crippen LogP contribution in [0.15, 0.2) is 0 Å². The summed E-state index contributed by atoms with van der Waals surface area (Å²) in [7, 11) is 0. The summed E-state index contributed by atoms with van der Waals surface area (Å²) in [6, 6.07) is 0.538. The number of hydrogen-bond acceptors (Lipinski definition) is 3. The predicted octanol–water partition coefficient (Wildman–Crippen LogP) is 0.112. The van der Waals surface area contributed by atoms with Crippen LogP contribution in [0.1, 0.15) is 32.6 Å². The topological polar surface area (TPSA) is 52.6 Å². The smallest absolute Gasteiger partial charge is 0.236 e. The Morgan fingerprint density at radius 3 is 2.60 bits per heavy atom. The van der Waals surface area contributed by atoms with E-state index in [4.69, 9.17) is 0 Å². The first-order valence-corrected chi connectivity index (χ1v) is 5.80. The second-order valence-electron chi connectivity index (χ2n) is 5.11. The van der Waals surface area contributed by atoms with Gasteiger partial charge >= 0.3 is 0 Å². The van der Waals surface area contributed by atoms with Crippen molar-refractivity contribution in [1.29, 1.82) is 0 Å². The van der Waals surface area contributed by atoms with E-state index in [1.807, 2.05) is 0 Å². The minimum atomic E-state index is -0.650. The molecule has 0 aromatic heterocycles. The van der Waals surface area contributed by atoms with Gasteiger partial charge in [0.25, 0.3) is 0 Å². The molecule has 0 atom stereocenters. The Balaban J connectivity index is 1.65. The van der Waals surface area contributed by atoms with E-state index < -0.39 is 5.60 Å². The van der Waals surface area contributed by atoms with Crippen LogP contribution in [0.2, 0.25) is 0 Å². The van der Waals surface area contributed by atoms with E-state index in [1.165, 1.54) is 25.7 Å². The molecule has 1 aliphatic carbocycles. The Hall–Kier alpha value is -0.610. The summed E-state index contributed by atoms with van der Waals surface area (Å²) in [5.41, 5.74) is -0.650. The van der Waals surface area contributed by atoms with Crippen molar-refractivity contribution < 1.29 is 9.90 Å². The quantitative estimate of drug-likeness (QED) is 0.698. The number of aliphatic hydroxyl groups is 1. The van der Waals surface area contributed by atoms with E-state index in [0.717, 1.165) is 0 Å². The normalized spacial score (nSPS) is 25.3. The molecule has 0 aromatic carbocycles. The summed E-state index contributed by atoms with van der Waals surface area (Å²) in [6.45, 7) is 3.16. The zero-order valence-corrected chi connectivity index (χ0v) is 9.33. The molecule has 4 nitrogen and oxygen atoms in total. The van der Waals surface area contributed by atoms with Crippen LogP contribution in [0.4, 0.5) is 0 Å². The van der Waals surface area contributed by atoms with Crippen LogP contribution in [0, 0.1) is 0 Å². The lowest BCUT2D eigenvalue weighted by atomic mass is 9.97. The van der Waals surface area contributed by atoms with Crippen molar-refractivity contribution in [2.45, 2.75) is 44.2 Å². The number of β-amino-alcohol motifs (C(OH)–C–C–N with tert-alkyl or cyclic N) is 1. The molecule has 2 aliphatic rings. The Bertz CT molecular complexity index is 239. The zero-order chi connectivity index (χ0) is 10.9. The number of likely N-dealkylation sites (tertiary alicyclic amines) is 1. The van der Waals surface area contributed by atoms with Crippen LogP contribution < -0.4 is 5.32 Å². The fourth-order valence-corrected chi connectivity index (χ4v) is 2.43. The summed E-state index contributed by atoms with van der Waals surface area (Å²) >= 11 is 0. The zero-order valence-electron chi connectivity index (χ0n) is 9.33. The number of rotatable bonds is 3. The van der Waals surface area contributed by atoms with E-state index in [1.54, 1.807) is 11.8 Å². The van der Waals surface area contributed by atoms with Gasteiger partial charge in [0, 0.05) is 6.04 Å². The molecule has 0 radical (unpaired) electrons. The average Bonchev–Trinajstić information content (AvgIpc) is 2.62. The third kappa shape index (κ3) is 2.69. The molecule has 1 saturated heterocycles. The van der Waals surface area contributed by atoms with Gasteiger partial charge in [0.05, 0.1) is 25.2 Å². The number of nitrogens with one attached hydrogen (secondary N) is 1. The van der Waals surface area contributed by atoms with E-state index >= 15 is 0 Å². The van der Waals surface area contributed by atoms with Gasteiger partial charge in [-0.1, -0.05) is 12.8 Å². The molecule has 2 rings (SSSR count). The van der Waals surface area contributed by atoms with Gasteiger partial charge in [-0.25, -0.2) is 0 Å². The van der Waals surface area contributed by atoms with Crippen LogP contribution in [0.25, 0.3) is 0 Å². The summed E-state index contributed by atoms with van der Waals surface area (Å²) in [4.78, 5) is 13.3. The lowest BCUT2D eigenvalue weighted by Gasteiger charge is -2.44. The molecule has 0 aromatic rings. The summed E-state index contributed by atoms with van der Waals surface area (Å²) in [5.74, 6) is 0.119. The highest BCUT2D eigenvalue weighted by Crippen LogP contribution is 2.20. The second-order valence-corrected chi connectivity index (χ2v) is 5.11. The third-order valence-corrected chi connectivity index (χ3v) is 3.31. The Morgan fingerprint density at radius 1 is 1.47 bits per heavy atom. The number of nitrogens with zero attached hydrogens (tertiary/aromatic N) is 1. The molecule has 2 N–H and O–H groups in total. The molecule has 0 unspecified atom stereocenters. The number of carbonyl (C=O) groups excluding carboxylic acids is 1. The SMILES string of the molecule is CC1(O)CN(C(=O)CNC2CCCC2)C1. The van der Waals surface area contributed by atoms with E-state index in [0.29, 0.717) is 25.7 Å². The molecule has 2 fully saturated rings. The van der Waals surface area contributed by atoms with Gasteiger partial charge in [0.2, 0.25) is 5.91 Å². The maximum Gasteiger partial charge on any atom is 0.236 e. The van der Waals surface area contributed by atoms with Gasteiger partial charge in [-0.3, -0.25) is 4.79 Å². The lowest BCUT2D eigenvalue weighted by Crippen LogP contribution is -2.63. The van der Waals surface area contributed by atoms with Gasteiger partial charge in [-0.2, -0.15) is 0 Å². The fraction of sp³-hybridized carbons (Fsp3) is 0.909. The second kappa shape index (κ2) is 4.10. The minimum Gasteiger partial charge on any atom is -0.386 e. The van der Waals surface area contributed by atoms with Crippen molar-refractivity contribution in [3.8, 4) is 0 Å². The summed E-state index contributed by atoms with van der Waals surface area (Å²) in [5, 5.41) is 12.8. The first kappa shape index (κ1) is 10.9. The van der Waals surface area contributed by atoms with E-state index in [-0.39, 0.29) is 5.91 Å². The molecule has 1 heterocycles. The van der Waals surface area contributed by atoms with Crippen molar-refractivity contribution in [3.63, 3.8) is 0 Å². The average molecular weight is 212 g/mol. The molecule has 0 bridgehead atoms. The van der Waals surface area contributed by atoms with E-state index in [9.17, 15) is 9.90 Å². The Labute approximate surface area is 90.6 Å². The molecule has 86 valence electrons. The largest absolute Gasteiger partial charge is 0.386 e. The lowest BCUT2D eigenvalue weighted by molar-refractivity contribution is -0.151. The monoisotopic (exact) mass is 212 g/mol. The van der Waals surface area contributed by atoms with Gasteiger partial charge in [-0.05, 0) is 19.8 Å². The van der Waals surface area contributed by atoms with Gasteiger partial charge in [-0.15, -0.1) is 0 Å². The minimum absolute atomic E-state index is 0.119. The number of carbonyl (C=O) groups is 1. The molecule has 0 spiro atoms. The third-order valence-electron chi connectivity index (χ3n) is 3.31. The maximum atomic E-state index is 11.6. The first-order chi connectivity index (χ1) is 7.07. The molecular formula is C11H20N2O2. The molecular weight excluding hydrogens is 192 g/mol. The number of amides is 1. The fourth-order valence-electron chi connectivity index (χ4n) is 2.43. The maximum absolute atomic E-state index is 11.6. The van der Waals surface area contributed by atoms with Crippen molar-refractivity contribution in [1.82, 2.24) is 10.2 Å². The molecule has 1 amide bonds. The molecule has 1 aliphatic heterocycles. The molecule has 4 heteroatoms.